The molecule has 0 bridgehead atoms. The largest absolute Gasteiger partial charge is 0.434 e. The highest BCUT2D eigenvalue weighted by Crippen LogP contribution is 2.32. The zero-order chi connectivity index (χ0) is 27.7. The van der Waals surface area contributed by atoms with E-state index in [2.05, 4.69) is 20.4 Å². The lowest BCUT2D eigenvalue weighted by atomic mass is 10.0. The average Bonchev–Trinajstić information content (AvgIpc) is 3.21. The van der Waals surface area contributed by atoms with Crippen molar-refractivity contribution in [3.05, 3.63) is 40.2 Å². The SMILES string of the molecule is CC(COC1CCN(C2CCN(c3cnc(C(F)(F)F)cn3)CC2)C1=O)Nc1cn[nH]c(=O)c1C(F)(F)F. The van der Waals surface area contributed by atoms with Gasteiger partial charge in [0.2, 0.25) is 0 Å². The van der Waals surface area contributed by atoms with E-state index in [9.17, 15) is 35.9 Å². The number of nitrogens with zero attached hydrogens (tertiary/aromatic N) is 5. The lowest BCUT2D eigenvalue weighted by molar-refractivity contribution is -0.141. The number of alkyl halides is 6. The summed E-state index contributed by atoms with van der Waals surface area (Å²) in [6.07, 6.45) is -5.98. The first-order valence-electron chi connectivity index (χ1n) is 11.8. The molecule has 2 unspecified atom stereocenters. The smallest absolute Gasteiger partial charge is 0.378 e. The van der Waals surface area contributed by atoms with Crippen molar-refractivity contribution >= 4 is 17.4 Å². The molecule has 2 saturated heterocycles. The number of halogens is 6. The minimum atomic E-state index is -4.88. The van der Waals surface area contributed by atoms with E-state index in [1.807, 2.05) is 4.90 Å². The van der Waals surface area contributed by atoms with Crippen LogP contribution in [0, 0.1) is 0 Å². The first kappa shape index (κ1) is 27.6. The van der Waals surface area contributed by atoms with E-state index in [1.165, 1.54) is 0 Å². The quantitative estimate of drug-likeness (QED) is 0.507. The Morgan fingerprint density at radius 2 is 1.74 bits per heavy atom. The second kappa shape index (κ2) is 10.7. The Hall–Kier alpha value is -3.43. The molecule has 0 aromatic carbocycles. The predicted molar refractivity (Wildman–Crippen MR) is 121 cm³/mol. The van der Waals surface area contributed by atoms with Gasteiger partial charge in [-0.3, -0.25) is 9.59 Å². The normalized spacial score (nSPS) is 20.2. The van der Waals surface area contributed by atoms with Crippen LogP contribution >= 0.6 is 0 Å². The van der Waals surface area contributed by atoms with Gasteiger partial charge in [0.15, 0.2) is 5.69 Å². The molecule has 2 aromatic heterocycles. The molecule has 16 heteroatoms. The van der Waals surface area contributed by atoms with Crippen LogP contribution in [-0.4, -0.2) is 75.4 Å². The lowest BCUT2D eigenvalue weighted by Gasteiger charge is -2.37. The number of nitrogens with one attached hydrogen (secondary N) is 2. The molecule has 2 aliphatic rings. The first-order valence-corrected chi connectivity index (χ1v) is 11.8. The molecule has 4 heterocycles. The summed E-state index contributed by atoms with van der Waals surface area (Å²) < 4.78 is 83.5. The molecule has 208 valence electrons. The topological polar surface area (TPSA) is 116 Å². The van der Waals surface area contributed by atoms with Gasteiger partial charge >= 0.3 is 12.4 Å². The highest BCUT2D eigenvalue weighted by molar-refractivity contribution is 5.83. The van der Waals surface area contributed by atoms with Crippen molar-refractivity contribution in [3.63, 3.8) is 0 Å². The van der Waals surface area contributed by atoms with Crippen LogP contribution < -0.4 is 15.8 Å². The van der Waals surface area contributed by atoms with E-state index in [0.29, 0.717) is 50.9 Å². The fraction of sp³-hybridized carbons (Fsp3) is 0.591. The van der Waals surface area contributed by atoms with Crippen LogP contribution in [0.2, 0.25) is 0 Å². The van der Waals surface area contributed by atoms with Crippen molar-refractivity contribution in [2.45, 2.75) is 56.7 Å². The predicted octanol–water partition coefficient (Wildman–Crippen LogP) is 2.68. The highest BCUT2D eigenvalue weighted by atomic mass is 19.4. The fourth-order valence-corrected chi connectivity index (χ4v) is 4.59. The number of H-pyrrole nitrogens is 1. The maximum absolute atomic E-state index is 13.2. The van der Waals surface area contributed by atoms with Gasteiger partial charge in [0.25, 0.3) is 11.5 Å². The molecule has 4 rings (SSSR count). The van der Waals surface area contributed by atoms with Gasteiger partial charge in [-0.05, 0) is 19.8 Å². The summed E-state index contributed by atoms with van der Waals surface area (Å²) in [6, 6.07) is -0.739. The molecule has 2 N–H and O–H groups in total. The van der Waals surface area contributed by atoms with Crippen LogP contribution in [0.1, 0.15) is 37.4 Å². The summed E-state index contributed by atoms with van der Waals surface area (Å²) in [5.41, 5.74) is -4.31. The maximum Gasteiger partial charge on any atom is 0.434 e. The summed E-state index contributed by atoms with van der Waals surface area (Å²) in [6.45, 7) is 2.88. The van der Waals surface area contributed by atoms with Gasteiger partial charge in [-0.15, -0.1) is 0 Å². The van der Waals surface area contributed by atoms with Crippen LogP contribution in [0.25, 0.3) is 0 Å². The van der Waals surface area contributed by atoms with Gasteiger partial charge in [-0.1, -0.05) is 0 Å². The van der Waals surface area contributed by atoms with Crippen molar-refractivity contribution in [3.8, 4) is 0 Å². The number of hydrogen-bond donors (Lipinski definition) is 2. The number of amides is 1. The van der Waals surface area contributed by atoms with Gasteiger partial charge in [-0.2, -0.15) is 31.4 Å². The summed E-state index contributed by atoms with van der Waals surface area (Å²) in [4.78, 5) is 35.3. The molecular weight excluding hydrogens is 524 g/mol. The number of likely N-dealkylation sites (tertiary alicyclic amines) is 1. The van der Waals surface area contributed by atoms with Gasteiger partial charge in [-0.25, -0.2) is 15.1 Å². The first-order chi connectivity index (χ1) is 17.8. The van der Waals surface area contributed by atoms with Gasteiger partial charge < -0.3 is 19.9 Å². The van der Waals surface area contributed by atoms with Gasteiger partial charge in [0.1, 0.15) is 17.5 Å². The Kier molecular flexibility index (Phi) is 7.80. The van der Waals surface area contributed by atoms with Crippen LogP contribution in [-0.2, 0) is 21.9 Å². The molecule has 0 spiro atoms. The van der Waals surface area contributed by atoms with E-state index < -0.39 is 47.0 Å². The Labute approximate surface area is 212 Å². The van der Waals surface area contributed by atoms with E-state index >= 15 is 0 Å². The fourth-order valence-electron chi connectivity index (χ4n) is 4.59. The van der Waals surface area contributed by atoms with Crippen molar-refractivity contribution in [2.24, 2.45) is 0 Å². The van der Waals surface area contributed by atoms with Gasteiger partial charge in [0, 0.05) is 38.1 Å². The number of rotatable bonds is 7. The zero-order valence-electron chi connectivity index (χ0n) is 20.1. The lowest BCUT2D eigenvalue weighted by Crippen LogP contribution is -2.47. The zero-order valence-corrected chi connectivity index (χ0v) is 20.1. The summed E-state index contributed by atoms with van der Waals surface area (Å²) in [7, 11) is 0. The maximum atomic E-state index is 13.2. The molecule has 2 aromatic rings. The monoisotopic (exact) mass is 549 g/mol. The number of ether oxygens (including phenoxy) is 1. The summed E-state index contributed by atoms with van der Waals surface area (Å²) in [5.74, 6) is 0.106. The summed E-state index contributed by atoms with van der Waals surface area (Å²) >= 11 is 0. The minimum absolute atomic E-state index is 0.0817. The standard InChI is InChI=1S/C22H25F6N7O3/c1-12(32-14-8-31-33-19(36)18(14)22(26,27)28)11-38-15-4-7-35(20(15)37)13-2-5-34(6-3-13)17-10-29-16(9-30-17)21(23,24)25/h8-10,12-13,15H,2-7,11H2,1H3,(H2,32,33,36). The Balaban J connectivity index is 1.27. The third kappa shape index (κ3) is 6.16. The molecule has 0 radical (unpaired) electrons. The minimum Gasteiger partial charge on any atom is -0.378 e. The molecular formula is C22H25F6N7O3. The molecule has 2 atom stereocenters. The number of aromatic nitrogens is 4. The molecule has 2 aliphatic heterocycles. The third-order valence-corrected chi connectivity index (χ3v) is 6.44. The Morgan fingerprint density at radius 1 is 1.03 bits per heavy atom. The molecule has 38 heavy (non-hydrogen) atoms. The van der Waals surface area contributed by atoms with Crippen LogP contribution in [0.3, 0.4) is 0 Å². The number of hydrogen-bond acceptors (Lipinski definition) is 8. The average molecular weight is 549 g/mol. The van der Waals surface area contributed by atoms with Crippen molar-refractivity contribution in [2.75, 3.05) is 36.5 Å². The van der Waals surface area contributed by atoms with Crippen LogP contribution in [0.15, 0.2) is 23.4 Å². The molecule has 0 saturated carbocycles. The number of anilines is 2. The van der Waals surface area contributed by atoms with Crippen LogP contribution in [0.5, 0.6) is 0 Å². The Morgan fingerprint density at radius 3 is 2.34 bits per heavy atom. The second-order valence-corrected chi connectivity index (χ2v) is 9.15. The number of carbonyl (C=O) groups excluding carboxylic acids is 1. The van der Waals surface area contributed by atoms with Crippen molar-refractivity contribution < 1.29 is 35.9 Å². The number of aromatic amines is 1. The number of carbonyl (C=O) groups is 1. The van der Waals surface area contributed by atoms with Crippen molar-refractivity contribution in [1.82, 2.24) is 25.1 Å². The van der Waals surface area contributed by atoms with Gasteiger partial charge in [0.05, 0.1) is 30.9 Å². The molecule has 10 nitrogen and oxygen atoms in total. The van der Waals surface area contributed by atoms with E-state index in [4.69, 9.17) is 4.74 Å². The number of piperidine rings is 1. The second-order valence-electron chi connectivity index (χ2n) is 9.15. The van der Waals surface area contributed by atoms with E-state index in [1.54, 1.807) is 16.9 Å². The van der Waals surface area contributed by atoms with E-state index in [0.717, 1.165) is 12.4 Å². The van der Waals surface area contributed by atoms with Crippen molar-refractivity contribution in [1.29, 1.82) is 0 Å². The van der Waals surface area contributed by atoms with Crippen LogP contribution in [0.4, 0.5) is 37.8 Å². The van der Waals surface area contributed by atoms with E-state index in [-0.39, 0.29) is 18.6 Å². The Bertz CT molecular complexity index is 1180. The molecule has 0 aliphatic carbocycles. The summed E-state index contributed by atoms with van der Waals surface area (Å²) in [5, 5.41) is 7.74. The molecule has 1 amide bonds. The molecule has 2 fully saturated rings. The third-order valence-electron chi connectivity index (χ3n) is 6.44. The highest BCUT2D eigenvalue weighted by Gasteiger charge is 2.40.